The van der Waals surface area contributed by atoms with Crippen LogP contribution in [0.25, 0.3) is 0 Å². The van der Waals surface area contributed by atoms with E-state index < -0.39 is 0 Å². The normalized spacial score (nSPS) is 20.6. The lowest BCUT2D eigenvalue weighted by molar-refractivity contribution is 0.519. The average molecular weight is 339 g/mol. The Morgan fingerprint density at radius 1 is 0.913 bits per heavy atom. The second kappa shape index (κ2) is 5.39. The topological polar surface area (TPSA) is 38.0 Å². The first kappa shape index (κ1) is 14.8. The molecular formula is C19H18N2S2. The van der Waals surface area contributed by atoms with Crippen LogP contribution < -0.4 is 11.1 Å². The van der Waals surface area contributed by atoms with Gasteiger partial charge in [-0.1, -0.05) is 48.7 Å². The summed E-state index contributed by atoms with van der Waals surface area (Å²) in [4.78, 5) is 1.28. The van der Waals surface area contributed by atoms with Gasteiger partial charge in [-0.05, 0) is 47.2 Å². The monoisotopic (exact) mass is 338 g/mol. The van der Waals surface area contributed by atoms with E-state index in [0.717, 1.165) is 16.1 Å². The molecule has 23 heavy (non-hydrogen) atoms. The first-order chi connectivity index (χ1) is 11.1. The number of rotatable bonds is 2. The molecule has 4 heteroatoms. The molecule has 0 aromatic heterocycles. The lowest BCUT2D eigenvalue weighted by atomic mass is 9.63. The molecule has 0 heterocycles. The Kier molecular flexibility index (Phi) is 3.47. The predicted octanol–water partition coefficient (Wildman–Crippen LogP) is 3.59. The van der Waals surface area contributed by atoms with Gasteiger partial charge in [-0.2, -0.15) is 0 Å². The van der Waals surface area contributed by atoms with Crippen molar-refractivity contribution in [1.82, 2.24) is 5.32 Å². The summed E-state index contributed by atoms with van der Waals surface area (Å²) in [5, 5.41) is 3.07. The summed E-state index contributed by atoms with van der Waals surface area (Å²) in [6.45, 7) is 0. The zero-order valence-corrected chi connectivity index (χ0v) is 14.6. The summed E-state index contributed by atoms with van der Waals surface area (Å²) >= 11 is 10.5. The van der Waals surface area contributed by atoms with Gasteiger partial charge in [0.25, 0.3) is 0 Å². The maximum Gasteiger partial charge on any atom is 0.106 e. The molecule has 2 nitrogen and oxygen atoms in total. The van der Waals surface area contributed by atoms with Crippen molar-refractivity contribution in [2.24, 2.45) is 5.73 Å². The minimum Gasteiger partial charge on any atom is -0.389 e. The highest BCUT2D eigenvalue weighted by Crippen LogP contribution is 2.52. The van der Waals surface area contributed by atoms with Gasteiger partial charge in [0.2, 0.25) is 0 Å². The molecule has 3 aliphatic rings. The molecule has 3 aliphatic carbocycles. The van der Waals surface area contributed by atoms with Crippen molar-refractivity contribution in [3.05, 3.63) is 69.8 Å². The van der Waals surface area contributed by atoms with E-state index >= 15 is 0 Å². The zero-order chi connectivity index (χ0) is 16.1. The van der Waals surface area contributed by atoms with E-state index in [1.54, 1.807) is 0 Å². The molecule has 0 amide bonds. The van der Waals surface area contributed by atoms with E-state index in [2.05, 4.69) is 41.7 Å². The number of benzene rings is 2. The smallest absolute Gasteiger partial charge is 0.106 e. The summed E-state index contributed by atoms with van der Waals surface area (Å²) in [5.41, 5.74) is 13.6. The summed E-state index contributed by atoms with van der Waals surface area (Å²) in [5.74, 6) is 0.918. The fraction of sp³-hybridized carbons (Fsp3) is 0.263. The Bertz CT molecular complexity index is 841. The quantitative estimate of drug-likeness (QED) is 0.821. The van der Waals surface area contributed by atoms with Crippen LogP contribution in [0, 0.1) is 0 Å². The lowest BCUT2D eigenvalue weighted by Crippen LogP contribution is -2.26. The maximum atomic E-state index is 5.82. The van der Waals surface area contributed by atoms with Crippen molar-refractivity contribution in [3.8, 4) is 0 Å². The third-order valence-electron chi connectivity index (χ3n) is 5.19. The largest absolute Gasteiger partial charge is 0.389 e. The van der Waals surface area contributed by atoms with E-state index in [9.17, 15) is 0 Å². The Hall–Kier alpha value is -1.78. The highest BCUT2D eigenvalue weighted by atomic mass is 32.1. The van der Waals surface area contributed by atoms with E-state index in [0.29, 0.717) is 16.8 Å². The molecule has 2 aromatic carbocycles. The Morgan fingerprint density at radius 2 is 1.43 bits per heavy atom. The van der Waals surface area contributed by atoms with E-state index in [4.69, 9.17) is 30.2 Å². The van der Waals surface area contributed by atoms with Crippen LogP contribution in [0.5, 0.6) is 0 Å². The molecule has 2 atom stereocenters. The van der Waals surface area contributed by atoms with Gasteiger partial charge in [0, 0.05) is 30.0 Å². The molecule has 0 saturated heterocycles. The zero-order valence-electron chi connectivity index (χ0n) is 12.9. The van der Waals surface area contributed by atoms with Crippen LogP contribution in [0.2, 0.25) is 0 Å². The van der Waals surface area contributed by atoms with Crippen molar-refractivity contribution in [1.29, 1.82) is 0 Å². The highest BCUT2D eigenvalue weighted by Gasteiger charge is 2.37. The van der Waals surface area contributed by atoms with E-state index in [-0.39, 0.29) is 0 Å². The molecule has 2 aromatic rings. The number of hydrogen-bond acceptors (Lipinski definition) is 2. The Balaban J connectivity index is 1.85. The Labute approximate surface area is 147 Å². The van der Waals surface area contributed by atoms with Crippen molar-refractivity contribution in [2.45, 2.75) is 24.7 Å². The first-order valence-electron chi connectivity index (χ1n) is 7.89. The molecule has 2 bridgehead atoms. The van der Waals surface area contributed by atoms with Crippen molar-refractivity contribution in [2.75, 3.05) is 7.05 Å². The minimum absolute atomic E-state index is 0.455. The number of nitrogens with one attached hydrogen (secondary N) is 1. The second-order valence-corrected chi connectivity index (χ2v) is 7.16. The molecular weight excluding hydrogens is 320 g/mol. The molecule has 0 aliphatic heterocycles. The van der Waals surface area contributed by atoms with Crippen LogP contribution in [0.3, 0.4) is 0 Å². The van der Waals surface area contributed by atoms with E-state index in [1.165, 1.54) is 35.1 Å². The van der Waals surface area contributed by atoms with Gasteiger partial charge in [-0.15, -0.1) is 0 Å². The van der Waals surface area contributed by atoms with Gasteiger partial charge in [0.1, 0.15) is 9.98 Å². The fourth-order valence-electron chi connectivity index (χ4n) is 4.12. The van der Waals surface area contributed by atoms with Crippen LogP contribution in [-0.4, -0.2) is 17.0 Å². The second-order valence-electron chi connectivity index (χ2n) is 6.31. The molecule has 5 rings (SSSR count). The number of fused-ring (bicyclic) bond motifs is 1. The number of nitrogens with two attached hydrogens (primary N) is 1. The molecule has 0 radical (unpaired) electrons. The van der Waals surface area contributed by atoms with Gasteiger partial charge < -0.3 is 11.1 Å². The molecule has 0 saturated carbocycles. The molecule has 0 spiro atoms. The first-order valence-corrected chi connectivity index (χ1v) is 8.71. The van der Waals surface area contributed by atoms with Crippen molar-refractivity contribution >= 4 is 34.4 Å². The number of thiocarbonyl (C=S) groups is 2. The summed E-state index contributed by atoms with van der Waals surface area (Å²) in [6, 6.07) is 13.1. The van der Waals surface area contributed by atoms with Crippen LogP contribution in [0.4, 0.5) is 0 Å². The van der Waals surface area contributed by atoms with Gasteiger partial charge >= 0.3 is 0 Å². The Morgan fingerprint density at radius 3 is 1.96 bits per heavy atom. The van der Waals surface area contributed by atoms with Gasteiger partial charge in [-0.3, -0.25) is 0 Å². The average Bonchev–Trinajstić information content (AvgIpc) is 2.60. The summed E-state index contributed by atoms with van der Waals surface area (Å²) in [7, 11) is 1.88. The maximum absolute atomic E-state index is 5.82. The van der Waals surface area contributed by atoms with Crippen LogP contribution in [0.15, 0.2) is 36.4 Å². The predicted molar refractivity (Wildman–Crippen MR) is 102 cm³/mol. The third-order valence-corrected chi connectivity index (χ3v) is 5.87. The summed E-state index contributed by atoms with van der Waals surface area (Å²) < 4.78 is 0. The highest BCUT2D eigenvalue weighted by molar-refractivity contribution is 7.81. The van der Waals surface area contributed by atoms with Crippen LogP contribution in [-0.2, 0) is 0 Å². The van der Waals surface area contributed by atoms with Crippen LogP contribution in [0.1, 0.15) is 58.1 Å². The van der Waals surface area contributed by atoms with Gasteiger partial charge in [0.05, 0.1) is 0 Å². The SMILES string of the molecule is CNC(=S)c1ccc2c(c1)C1CCC2c2cc(C(N)=S)ccc21. The molecule has 2 unspecified atom stereocenters. The fourth-order valence-corrected chi connectivity index (χ4v) is 4.37. The van der Waals surface area contributed by atoms with Crippen molar-refractivity contribution < 1.29 is 0 Å². The van der Waals surface area contributed by atoms with E-state index in [1.807, 2.05) is 7.05 Å². The third kappa shape index (κ3) is 2.20. The standard InChI is InChI=1S/C19H18N2S2/c1-21-19(23)11-3-5-13-14-6-7-15(17(13)9-11)12-4-2-10(18(20)22)8-16(12)14/h2-5,8-9,14-15H,6-7H2,1H3,(H2,20,22)(H,21,23). The summed E-state index contributed by atoms with van der Waals surface area (Å²) in [6.07, 6.45) is 2.40. The number of hydrogen-bond donors (Lipinski definition) is 2. The lowest BCUT2D eigenvalue weighted by Gasteiger charge is -2.40. The molecule has 116 valence electrons. The molecule has 0 fully saturated rings. The van der Waals surface area contributed by atoms with Gasteiger partial charge in [0.15, 0.2) is 0 Å². The van der Waals surface area contributed by atoms with Gasteiger partial charge in [-0.25, -0.2) is 0 Å². The molecule has 3 N–H and O–H groups in total. The van der Waals surface area contributed by atoms with Crippen LogP contribution >= 0.6 is 24.4 Å². The van der Waals surface area contributed by atoms with Crippen molar-refractivity contribution in [3.63, 3.8) is 0 Å². The minimum atomic E-state index is 0.455.